The molecule has 0 spiro atoms. The molecule has 5 nitrogen and oxygen atoms in total. The van der Waals surface area contributed by atoms with Gasteiger partial charge in [-0.2, -0.15) is 0 Å². The maximum Gasteiger partial charge on any atom is 0.123 e. The lowest BCUT2D eigenvalue weighted by Crippen LogP contribution is -2.47. The standard InChI is InChI=1S/C16H25FN2O3/c1-2-19-7-8-21-16(11-19)10-18-9-14(20)12-22-15-5-3-13(17)4-6-15/h3-6,14,16,18,20H,2,7-12H2,1H3/t14-,16+/m1/s1. The second-order valence-corrected chi connectivity index (χ2v) is 5.46. The van der Waals surface area contributed by atoms with Crippen LogP contribution in [0.15, 0.2) is 24.3 Å². The van der Waals surface area contributed by atoms with Crippen LogP contribution in [0.4, 0.5) is 4.39 Å². The molecule has 2 rings (SSSR count). The molecule has 0 radical (unpaired) electrons. The van der Waals surface area contributed by atoms with Crippen molar-refractivity contribution < 1.29 is 19.0 Å². The highest BCUT2D eigenvalue weighted by Crippen LogP contribution is 2.11. The van der Waals surface area contributed by atoms with Crippen LogP contribution in [0.3, 0.4) is 0 Å². The molecule has 0 amide bonds. The van der Waals surface area contributed by atoms with Gasteiger partial charge in [-0.25, -0.2) is 4.39 Å². The van der Waals surface area contributed by atoms with Crippen molar-refractivity contribution in [3.05, 3.63) is 30.1 Å². The Morgan fingerprint density at radius 2 is 2.23 bits per heavy atom. The van der Waals surface area contributed by atoms with E-state index < -0.39 is 6.10 Å². The number of aliphatic hydroxyl groups excluding tert-OH is 1. The molecular weight excluding hydrogens is 287 g/mol. The summed E-state index contributed by atoms with van der Waals surface area (Å²) in [5.41, 5.74) is 0. The molecule has 1 aliphatic rings. The van der Waals surface area contributed by atoms with Crippen LogP contribution < -0.4 is 10.1 Å². The summed E-state index contributed by atoms with van der Waals surface area (Å²) in [6.07, 6.45) is -0.449. The van der Waals surface area contributed by atoms with E-state index in [0.29, 0.717) is 18.8 Å². The second-order valence-electron chi connectivity index (χ2n) is 5.46. The lowest BCUT2D eigenvalue weighted by atomic mass is 10.2. The van der Waals surface area contributed by atoms with Gasteiger partial charge in [0.15, 0.2) is 0 Å². The third kappa shape index (κ3) is 5.88. The summed E-state index contributed by atoms with van der Waals surface area (Å²) in [5, 5.41) is 13.1. The lowest BCUT2D eigenvalue weighted by molar-refractivity contribution is -0.0266. The number of nitrogens with zero attached hydrogens (tertiary/aromatic N) is 1. The van der Waals surface area contributed by atoms with E-state index >= 15 is 0 Å². The van der Waals surface area contributed by atoms with E-state index in [0.717, 1.165) is 26.2 Å². The molecule has 1 aromatic rings. The van der Waals surface area contributed by atoms with E-state index in [2.05, 4.69) is 17.1 Å². The van der Waals surface area contributed by atoms with Crippen molar-refractivity contribution in [2.45, 2.75) is 19.1 Å². The van der Waals surface area contributed by atoms with Gasteiger partial charge in [0.2, 0.25) is 0 Å². The normalized spacial score (nSPS) is 20.8. The van der Waals surface area contributed by atoms with Crippen LogP contribution in [0, 0.1) is 5.82 Å². The highest BCUT2D eigenvalue weighted by molar-refractivity contribution is 5.22. The van der Waals surface area contributed by atoms with Crippen LogP contribution in [0.25, 0.3) is 0 Å². The number of morpholine rings is 1. The molecule has 1 saturated heterocycles. The third-order valence-electron chi connectivity index (χ3n) is 3.68. The maximum atomic E-state index is 12.8. The monoisotopic (exact) mass is 312 g/mol. The molecule has 0 unspecified atom stereocenters. The number of halogens is 1. The molecule has 124 valence electrons. The average Bonchev–Trinajstić information content (AvgIpc) is 2.54. The van der Waals surface area contributed by atoms with Gasteiger partial charge in [0.1, 0.15) is 24.3 Å². The quantitative estimate of drug-likeness (QED) is 0.746. The predicted molar refractivity (Wildman–Crippen MR) is 82.6 cm³/mol. The number of nitrogens with one attached hydrogen (secondary N) is 1. The predicted octanol–water partition coefficient (Wildman–Crippen LogP) is 0.876. The molecule has 2 N–H and O–H groups in total. The van der Waals surface area contributed by atoms with Crippen LogP contribution >= 0.6 is 0 Å². The zero-order valence-corrected chi connectivity index (χ0v) is 13.0. The lowest BCUT2D eigenvalue weighted by Gasteiger charge is -2.32. The number of ether oxygens (including phenoxy) is 2. The van der Waals surface area contributed by atoms with Crippen molar-refractivity contribution in [3.8, 4) is 5.75 Å². The van der Waals surface area contributed by atoms with E-state index in [4.69, 9.17) is 9.47 Å². The Morgan fingerprint density at radius 3 is 2.95 bits per heavy atom. The Morgan fingerprint density at radius 1 is 1.45 bits per heavy atom. The van der Waals surface area contributed by atoms with Crippen LogP contribution in [0.1, 0.15) is 6.92 Å². The van der Waals surface area contributed by atoms with Crippen molar-refractivity contribution >= 4 is 0 Å². The first kappa shape index (κ1) is 17.1. The average molecular weight is 312 g/mol. The summed E-state index contributed by atoms with van der Waals surface area (Å²) in [6, 6.07) is 5.76. The van der Waals surface area contributed by atoms with Gasteiger partial charge < -0.3 is 19.9 Å². The van der Waals surface area contributed by atoms with Crippen molar-refractivity contribution in [1.82, 2.24) is 10.2 Å². The number of hydrogen-bond acceptors (Lipinski definition) is 5. The van der Waals surface area contributed by atoms with E-state index in [9.17, 15) is 9.50 Å². The topological polar surface area (TPSA) is 54.0 Å². The Bertz CT molecular complexity index is 430. The fourth-order valence-electron chi connectivity index (χ4n) is 2.38. The molecule has 2 atom stereocenters. The van der Waals surface area contributed by atoms with Gasteiger partial charge in [-0.05, 0) is 30.8 Å². The molecule has 1 aromatic carbocycles. The summed E-state index contributed by atoms with van der Waals surface area (Å²) in [7, 11) is 0. The number of aliphatic hydroxyl groups is 1. The van der Waals surface area contributed by atoms with Gasteiger partial charge in [0.05, 0.1) is 12.7 Å². The summed E-state index contributed by atoms with van der Waals surface area (Å²) < 4.78 is 23.8. The van der Waals surface area contributed by atoms with E-state index in [1.54, 1.807) is 12.1 Å². The molecule has 6 heteroatoms. The first-order chi connectivity index (χ1) is 10.7. The molecule has 1 heterocycles. The number of benzene rings is 1. The summed E-state index contributed by atoms with van der Waals surface area (Å²) in [6.45, 7) is 7.17. The van der Waals surface area contributed by atoms with Crippen LogP contribution in [-0.4, -0.2) is 68.2 Å². The minimum Gasteiger partial charge on any atom is -0.491 e. The molecule has 1 fully saturated rings. The van der Waals surface area contributed by atoms with E-state index in [1.165, 1.54) is 12.1 Å². The van der Waals surface area contributed by atoms with Gasteiger partial charge >= 0.3 is 0 Å². The van der Waals surface area contributed by atoms with Crippen molar-refractivity contribution in [2.75, 3.05) is 45.9 Å². The smallest absolute Gasteiger partial charge is 0.123 e. The van der Waals surface area contributed by atoms with E-state index in [-0.39, 0.29) is 18.5 Å². The van der Waals surface area contributed by atoms with Gasteiger partial charge in [0.25, 0.3) is 0 Å². The molecule has 0 saturated carbocycles. The van der Waals surface area contributed by atoms with Crippen molar-refractivity contribution in [3.63, 3.8) is 0 Å². The minimum absolute atomic E-state index is 0.166. The van der Waals surface area contributed by atoms with Crippen molar-refractivity contribution in [2.24, 2.45) is 0 Å². The minimum atomic E-state index is -0.615. The third-order valence-corrected chi connectivity index (χ3v) is 3.68. The van der Waals surface area contributed by atoms with Gasteiger partial charge in [0, 0.05) is 26.2 Å². The Labute approximate surface area is 131 Å². The summed E-state index contributed by atoms with van der Waals surface area (Å²) >= 11 is 0. The van der Waals surface area contributed by atoms with Crippen molar-refractivity contribution in [1.29, 1.82) is 0 Å². The highest BCUT2D eigenvalue weighted by Gasteiger charge is 2.19. The SMILES string of the molecule is CCN1CCO[C@@H](CNC[C@@H](O)COc2ccc(F)cc2)C1. The zero-order valence-electron chi connectivity index (χ0n) is 13.0. The molecule has 1 aliphatic heterocycles. The van der Waals surface area contributed by atoms with Crippen LogP contribution in [0.5, 0.6) is 5.75 Å². The van der Waals surface area contributed by atoms with Crippen LogP contribution in [-0.2, 0) is 4.74 Å². The molecule has 22 heavy (non-hydrogen) atoms. The van der Waals surface area contributed by atoms with Crippen LogP contribution in [0.2, 0.25) is 0 Å². The van der Waals surface area contributed by atoms with Gasteiger partial charge in [-0.1, -0.05) is 6.92 Å². The molecular formula is C16H25FN2O3. The highest BCUT2D eigenvalue weighted by atomic mass is 19.1. The fourth-order valence-corrected chi connectivity index (χ4v) is 2.38. The fraction of sp³-hybridized carbons (Fsp3) is 0.625. The summed E-state index contributed by atoms with van der Waals surface area (Å²) in [4.78, 5) is 2.35. The second kappa shape index (κ2) is 9.05. The summed E-state index contributed by atoms with van der Waals surface area (Å²) in [5.74, 6) is 0.248. The zero-order chi connectivity index (χ0) is 15.8. The Kier molecular flexibility index (Phi) is 7.05. The first-order valence-electron chi connectivity index (χ1n) is 7.78. The number of hydrogen-bond donors (Lipinski definition) is 2. The Balaban J connectivity index is 1.59. The molecule has 0 aromatic heterocycles. The largest absolute Gasteiger partial charge is 0.491 e. The number of rotatable bonds is 8. The maximum absolute atomic E-state index is 12.8. The molecule has 0 aliphatic carbocycles. The molecule has 0 bridgehead atoms. The first-order valence-corrected chi connectivity index (χ1v) is 7.78. The van der Waals surface area contributed by atoms with Gasteiger partial charge in [-0.15, -0.1) is 0 Å². The number of likely N-dealkylation sites (N-methyl/N-ethyl adjacent to an activating group) is 1. The van der Waals surface area contributed by atoms with E-state index in [1.807, 2.05) is 0 Å². The van der Waals surface area contributed by atoms with Gasteiger partial charge in [-0.3, -0.25) is 4.90 Å². The Hall–Kier alpha value is -1.21.